The van der Waals surface area contributed by atoms with Crippen LogP contribution in [0.25, 0.3) is 0 Å². The number of carbonyl (C=O) groups excluding carboxylic acids is 2. The molecule has 1 aliphatic rings. The van der Waals surface area contributed by atoms with Crippen molar-refractivity contribution >= 4 is 29.1 Å². The van der Waals surface area contributed by atoms with Crippen molar-refractivity contribution in [1.29, 1.82) is 0 Å². The SMILES string of the molecule is CC1CCN(C(=O)c2cccc(NC(=O)CCc3ccccc3Cl)c2)CC1. The molecule has 1 fully saturated rings. The summed E-state index contributed by atoms with van der Waals surface area (Å²) in [6.07, 6.45) is 3.01. The Hall–Kier alpha value is -2.33. The molecule has 142 valence electrons. The number of aryl methyl sites for hydroxylation is 1. The van der Waals surface area contributed by atoms with Gasteiger partial charge in [0.15, 0.2) is 0 Å². The van der Waals surface area contributed by atoms with Crippen molar-refractivity contribution in [2.75, 3.05) is 18.4 Å². The van der Waals surface area contributed by atoms with E-state index in [0.29, 0.717) is 35.0 Å². The van der Waals surface area contributed by atoms with E-state index in [4.69, 9.17) is 11.6 Å². The zero-order valence-corrected chi connectivity index (χ0v) is 16.3. The first kappa shape index (κ1) is 19.4. The van der Waals surface area contributed by atoms with Crippen molar-refractivity contribution in [3.05, 3.63) is 64.7 Å². The fourth-order valence-corrected chi connectivity index (χ4v) is 3.53. The molecule has 0 saturated carbocycles. The third kappa shape index (κ3) is 5.33. The Labute approximate surface area is 165 Å². The van der Waals surface area contributed by atoms with Crippen molar-refractivity contribution < 1.29 is 9.59 Å². The maximum atomic E-state index is 12.7. The molecular formula is C22H25ClN2O2. The van der Waals surface area contributed by atoms with Crippen LogP contribution in [0.3, 0.4) is 0 Å². The van der Waals surface area contributed by atoms with Gasteiger partial charge in [0.25, 0.3) is 5.91 Å². The maximum absolute atomic E-state index is 12.7. The predicted octanol–water partition coefficient (Wildman–Crippen LogP) is 4.78. The van der Waals surface area contributed by atoms with Gasteiger partial charge in [0.1, 0.15) is 0 Å². The van der Waals surface area contributed by atoms with Crippen LogP contribution in [0.1, 0.15) is 42.1 Å². The van der Waals surface area contributed by atoms with Gasteiger partial charge in [-0.3, -0.25) is 9.59 Å². The van der Waals surface area contributed by atoms with Gasteiger partial charge in [-0.2, -0.15) is 0 Å². The van der Waals surface area contributed by atoms with E-state index < -0.39 is 0 Å². The summed E-state index contributed by atoms with van der Waals surface area (Å²) in [5.74, 6) is 0.623. The van der Waals surface area contributed by atoms with Crippen LogP contribution in [-0.2, 0) is 11.2 Å². The van der Waals surface area contributed by atoms with Gasteiger partial charge in [0.05, 0.1) is 0 Å². The molecule has 0 aromatic heterocycles. The summed E-state index contributed by atoms with van der Waals surface area (Å²) in [5, 5.41) is 3.56. The van der Waals surface area contributed by atoms with E-state index in [1.807, 2.05) is 41.3 Å². The van der Waals surface area contributed by atoms with E-state index in [1.165, 1.54) is 0 Å². The van der Waals surface area contributed by atoms with Gasteiger partial charge >= 0.3 is 0 Å². The Balaban J connectivity index is 1.57. The summed E-state index contributed by atoms with van der Waals surface area (Å²) < 4.78 is 0. The Bertz CT molecular complexity index is 813. The number of piperidine rings is 1. The third-order valence-corrected chi connectivity index (χ3v) is 5.41. The van der Waals surface area contributed by atoms with Crippen molar-refractivity contribution in [2.24, 2.45) is 5.92 Å². The number of nitrogens with zero attached hydrogens (tertiary/aromatic N) is 1. The first-order valence-electron chi connectivity index (χ1n) is 9.45. The van der Waals surface area contributed by atoms with Crippen LogP contribution in [0.15, 0.2) is 48.5 Å². The normalized spacial score (nSPS) is 14.8. The molecule has 0 spiro atoms. The molecule has 1 heterocycles. The lowest BCUT2D eigenvalue weighted by atomic mass is 9.98. The Morgan fingerprint density at radius 3 is 2.59 bits per heavy atom. The molecule has 1 aliphatic heterocycles. The first-order valence-corrected chi connectivity index (χ1v) is 9.83. The van der Waals surface area contributed by atoms with E-state index in [2.05, 4.69) is 12.2 Å². The summed E-state index contributed by atoms with van der Waals surface area (Å²) in [7, 11) is 0. The van der Waals surface area contributed by atoms with Gasteiger partial charge in [0.2, 0.25) is 5.91 Å². The number of likely N-dealkylation sites (tertiary alicyclic amines) is 1. The van der Waals surface area contributed by atoms with E-state index >= 15 is 0 Å². The summed E-state index contributed by atoms with van der Waals surface area (Å²) in [6, 6.07) is 14.7. The molecule has 4 nitrogen and oxygen atoms in total. The molecule has 5 heteroatoms. The second-order valence-electron chi connectivity index (χ2n) is 7.20. The van der Waals surface area contributed by atoms with E-state index in [-0.39, 0.29) is 11.8 Å². The topological polar surface area (TPSA) is 49.4 Å². The number of anilines is 1. The average Bonchev–Trinajstić information content (AvgIpc) is 2.67. The van der Waals surface area contributed by atoms with Crippen LogP contribution < -0.4 is 5.32 Å². The van der Waals surface area contributed by atoms with Gasteiger partial charge < -0.3 is 10.2 Å². The number of nitrogens with one attached hydrogen (secondary N) is 1. The second kappa shape index (κ2) is 9.05. The molecule has 0 bridgehead atoms. The molecule has 2 amide bonds. The zero-order valence-electron chi connectivity index (χ0n) is 15.6. The van der Waals surface area contributed by atoms with E-state index in [0.717, 1.165) is 31.5 Å². The van der Waals surface area contributed by atoms with Crippen molar-refractivity contribution in [3.8, 4) is 0 Å². The monoisotopic (exact) mass is 384 g/mol. The van der Waals surface area contributed by atoms with Crippen LogP contribution in [0.5, 0.6) is 0 Å². The van der Waals surface area contributed by atoms with E-state index in [1.54, 1.807) is 12.1 Å². The minimum Gasteiger partial charge on any atom is -0.339 e. The van der Waals surface area contributed by atoms with Crippen LogP contribution in [-0.4, -0.2) is 29.8 Å². The van der Waals surface area contributed by atoms with Gasteiger partial charge in [-0.15, -0.1) is 0 Å². The van der Waals surface area contributed by atoms with Gasteiger partial charge in [0, 0.05) is 35.8 Å². The largest absolute Gasteiger partial charge is 0.339 e. The molecule has 3 rings (SSSR count). The van der Waals surface area contributed by atoms with Crippen molar-refractivity contribution in [3.63, 3.8) is 0 Å². The summed E-state index contributed by atoms with van der Waals surface area (Å²) in [6.45, 7) is 3.82. The third-order valence-electron chi connectivity index (χ3n) is 5.04. The molecule has 0 unspecified atom stereocenters. The lowest BCUT2D eigenvalue weighted by Crippen LogP contribution is -2.37. The highest BCUT2D eigenvalue weighted by Gasteiger charge is 2.21. The highest BCUT2D eigenvalue weighted by molar-refractivity contribution is 6.31. The minimum absolute atomic E-state index is 0.0362. The summed E-state index contributed by atoms with van der Waals surface area (Å²) >= 11 is 6.13. The number of hydrogen-bond donors (Lipinski definition) is 1. The molecule has 0 radical (unpaired) electrons. The lowest BCUT2D eigenvalue weighted by molar-refractivity contribution is -0.116. The average molecular weight is 385 g/mol. The second-order valence-corrected chi connectivity index (χ2v) is 7.60. The van der Waals surface area contributed by atoms with Gasteiger partial charge in [-0.25, -0.2) is 0 Å². The maximum Gasteiger partial charge on any atom is 0.253 e. The number of rotatable bonds is 5. The Kier molecular flexibility index (Phi) is 6.51. The molecule has 2 aromatic rings. The summed E-state index contributed by atoms with van der Waals surface area (Å²) in [5.41, 5.74) is 2.22. The van der Waals surface area contributed by atoms with E-state index in [9.17, 15) is 9.59 Å². The molecule has 27 heavy (non-hydrogen) atoms. The number of halogens is 1. The molecule has 0 atom stereocenters. The molecule has 0 aliphatic carbocycles. The first-order chi connectivity index (χ1) is 13.0. The molecule has 1 saturated heterocycles. The minimum atomic E-state index is -0.0914. The van der Waals surface area contributed by atoms with Crippen molar-refractivity contribution in [2.45, 2.75) is 32.6 Å². The molecule has 2 aromatic carbocycles. The number of amides is 2. The molecule has 1 N–H and O–H groups in total. The van der Waals surface area contributed by atoms with Crippen LogP contribution in [0.2, 0.25) is 5.02 Å². The Morgan fingerprint density at radius 2 is 1.85 bits per heavy atom. The van der Waals surface area contributed by atoms with Crippen LogP contribution in [0.4, 0.5) is 5.69 Å². The quantitative estimate of drug-likeness (QED) is 0.806. The van der Waals surface area contributed by atoms with Gasteiger partial charge in [-0.05, 0) is 55.0 Å². The smallest absolute Gasteiger partial charge is 0.253 e. The zero-order chi connectivity index (χ0) is 19.2. The van der Waals surface area contributed by atoms with Crippen molar-refractivity contribution in [1.82, 2.24) is 4.90 Å². The predicted molar refractivity (Wildman–Crippen MR) is 109 cm³/mol. The highest BCUT2D eigenvalue weighted by atomic mass is 35.5. The fraction of sp³-hybridized carbons (Fsp3) is 0.364. The lowest BCUT2D eigenvalue weighted by Gasteiger charge is -2.30. The number of carbonyl (C=O) groups is 2. The number of benzene rings is 2. The van der Waals surface area contributed by atoms with Crippen LogP contribution in [0, 0.1) is 5.92 Å². The van der Waals surface area contributed by atoms with Crippen LogP contribution >= 0.6 is 11.6 Å². The molecular weight excluding hydrogens is 360 g/mol. The highest BCUT2D eigenvalue weighted by Crippen LogP contribution is 2.20. The standard InChI is InChI=1S/C22H25ClN2O2/c1-16-11-13-25(14-12-16)22(27)18-6-4-7-19(15-18)24-21(26)10-9-17-5-2-3-8-20(17)23/h2-8,15-16H,9-14H2,1H3,(H,24,26). The fourth-order valence-electron chi connectivity index (χ4n) is 3.30. The Morgan fingerprint density at radius 1 is 1.11 bits per heavy atom. The summed E-state index contributed by atoms with van der Waals surface area (Å²) in [4.78, 5) is 26.9. The number of hydrogen-bond acceptors (Lipinski definition) is 2. The van der Waals surface area contributed by atoms with Gasteiger partial charge in [-0.1, -0.05) is 42.8 Å².